The molecule has 1 aliphatic heterocycles. The molecule has 1 unspecified atom stereocenters. The highest BCUT2D eigenvalue weighted by atomic mass is 79.9. The van der Waals surface area contributed by atoms with Gasteiger partial charge in [-0.15, -0.1) is 5.10 Å². The van der Waals surface area contributed by atoms with E-state index < -0.39 is 0 Å². The molecule has 0 saturated heterocycles. The van der Waals surface area contributed by atoms with Crippen LogP contribution in [-0.2, 0) is 24.3 Å². The molecule has 1 aromatic heterocycles. The highest BCUT2D eigenvalue weighted by Crippen LogP contribution is 2.27. The first-order valence-corrected chi connectivity index (χ1v) is 9.61. The van der Waals surface area contributed by atoms with Crippen molar-refractivity contribution in [1.29, 1.82) is 0 Å². The number of benzene rings is 2. The van der Waals surface area contributed by atoms with Crippen molar-refractivity contribution in [3.63, 3.8) is 0 Å². The van der Waals surface area contributed by atoms with Gasteiger partial charge in [0.05, 0.1) is 18.8 Å². The van der Waals surface area contributed by atoms with Crippen LogP contribution in [0.15, 0.2) is 59.1 Å². The van der Waals surface area contributed by atoms with Gasteiger partial charge < -0.3 is 10.1 Å². The SMILES string of the molecule is O=C(NCCc1ccccc1)c1nnn2c1COC(c1ccc(Br)cc1)C2. The van der Waals surface area contributed by atoms with Crippen molar-refractivity contribution in [2.75, 3.05) is 6.54 Å². The predicted molar refractivity (Wildman–Crippen MR) is 104 cm³/mol. The Morgan fingerprint density at radius 3 is 2.74 bits per heavy atom. The molecule has 0 saturated carbocycles. The molecule has 1 atom stereocenters. The van der Waals surface area contributed by atoms with Crippen LogP contribution >= 0.6 is 15.9 Å². The Morgan fingerprint density at radius 1 is 1.19 bits per heavy atom. The molecule has 1 amide bonds. The summed E-state index contributed by atoms with van der Waals surface area (Å²) >= 11 is 3.44. The average Bonchev–Trinajstić information content (AvgIpc) is 3.12. The Balaban J connectivity index is 1.39. The van der Waals surface area contributed by atoms with Crippen molar-refractivity contribution >= 4 is 21.8 Å². The van der Waals surface area contributed by atoms with E-state index in [2.05, 4.69) is 31.6 Å². The Kier molecular flexibility index (Phi) is 5.31. The average molecular weight is 427 g/mol. The third-order valence-corrected chi connectivity index (χ3v) is 5.13. The Labute approximate surface area is 165 Å². The molecule has 2 heterocycles. The largest absolute Gasteiger partial charge is 0.365 e. The number of aromatic nitrogens is 3. The van der Waals surface area contributed by atoms with Crippen molar-refractivity contribution in [3.05, 3.63) is 81.6 Å². The zero-order chi connectivity index (χ0) is 18.6. The molecule has 6 nitrogen and oxygen atoms in total. The smallest absolute Gasteiger partial charge is 0.273 e. The maximum Gasteiger partial charge on any atom is 0.273 e. The number of amides is 1. The molecule has 0 radical (unpaired) electrons. The number of fused-ring (bicyclic) bond motifs is 1. The summed E-state index contributed by atoms with van der Waals surface area (Å²) in [6.07, 6.45) is 0.680. The van der Waals surface area contributed by atoms with Gasteiger partial charge in [-0.1, -0.05) is 63.6 Å². The van der Waals surface area contributed by atoms with E-state index in [-0.39, 0.29) is 12.0 Å². The van der Waals surface area contributed by atoms with Gasteiger partial charge in [0.1, 0.15) is 6.10 Å². The van der Waals surface area contributed by atoms with E-state index >= 15 is 0 Å². The summed E-state index contributed by atoms with van der Waals surface area (Å²) in [4.78, 5) is 12.5. The molecule has 0 spiro atoms. The maximum absolute atomic E-state index is 12.5. The minimum atomic E-state index is -0.210. The van der Waals surface area contributed by atoms with Crippen LogP contribution in [0.1, 0.15) is 33.4 Å². The monoisotopic (exact) mass is 426 g/mol. The number of halogens is 1. The molecule has 0 aliphatic carbocycles. The summed E-state index contributed by atoms with van der Waals surface area (Å²) in [5.74, 6) is -0.210. The van der Waals surface area contributed by atoms with E-state index in [1.54, 1.807) is 4.68 Å². The van der Waals surface area contributed by atoms with Crippen LogP contribution in [0.25, 0.3) is 0 Å². The fraction of sp³-hybridized carbons (Fsp3) is 0.250. The summed E-state index contributed by atoms with van der Waals surface area (Å²) in [7, 11) is 0. The zero-order valence-electron chi connectivity index (χ0n) is 14.6. The molecule has 3 aromatic rings. The Morgan fingerprint density at radius 2 is 1.96 bits per heavy atom. The molecule has 4 rings (SSSR count). The summed E-state index contributed by atoms with van der Waals surface area (Å²) in [5, 5.41) is 11.2. The summed E-state index contributed by atoms with van der Waals surface area (Å²) in [5.41, 5.74) is 3.33. The molecule has 0 fully saturated rings. The van der Waals surface area contributed by atoms with Crippen LogP contribution in [-0.4, -0.2) is 27.4 Å². The fourth-order valence-electron chi connectivity index (χ4n) is 3.12. The third kappa shape index (κ3) is 4.09. The van der Waals surface area contributed by atoms with E-state index in [1.165, 1.54) is 5.56 Å². The van der Waals surface area contributed by atoms with Crippen molar-refractivity contribution in [2.24, 2.45) is 0 Å². The standard InChI is InChI=1S/C20H19BrN4O2/c21-16-8-6-15(7-9-16)18-12-25-17(13-27-18)19(23-24-25)20(26)22-11-10-14-4-2-1-3-5-14/h1-9,18H,10-13H2,(H,22,26). The molecule has 27 heavy (non-hydrogen) atoms. The van der Waals surface area contributed by atoms with E-state index in [1.807, 2.05) is 54.6 Å². The number of carbonyl (C=O) groups is 1. The van der Waals surface area contributed by atoms with Crippen LogP contribution in [0.4, 0.5) is 0 Å². The lowest BCUT2D eigenvalue weighted by atomic mass is 10.1. The van der Waals surface area contributed by atoms with Crippen LogP contribution in [0, 0.1) is 0 Å². The van der Waals surface area contributed by atoms with Gasteiger partial charge >= 0.3 is 0 Å². The number of hydrogen-bond acceptors (Lipinski definition) is 4. The maximum atomic E-state index is 12.5. The fourth-order valence-corrected chi connectivity index (χ4v) is 3.38. The molecule has 1 N–H and O–H groups in total. The van der Waals surface area contributed by atoms with E-state index in [0.717, 1.165) is 22.2 Å². The number of nitrogens with one attached hydrogen (secondary N) is 1. The number of ether oxygens (including phenoxy) is 1. The number of hydrogen-bond donors (Lipinski definition) is 1. The van der Waals surface area contributed by atoms with E-state index in [0.29, 0.717) is 25.4 Å². The van der Waals surface area contributed by atoms with Crippen molar-refractivity contribution in [3.8, 4) is 0 Å². The van der Waals surface area contributed by atoms with Gasteiger partial charge in [0, 0.05) is 11.0 Å². The predicted octanol–water partition coefficient (Wildman–Crippen LogP) is 3.28. The second-order valence-electron chi connectivity index (χ2n) is 6.41. The number of rotatable bonds is 5. The lowest BCUT2D eigenvalue weighted by Gasteiger charge is -2.24. The molecule has 138 valence electrons. The lowest BCUT2D eigenvalue weighted by Crippen LogP contribution is -2.29. The van der Waals surface area contributed by atoms with Crippen LogP contribution in [0.3, 0.4) is 0 Å². The summed E-state index contributed by atoms with van der Waals surface area (Å²) < 4.78 is 8.75. The van der Waals surface area contributed by atoms with Crippen LogP contribution in [0.2, 0.25) is 0 Å². The number of carbonyl (C=O) groups excluding carboxylic acids is 1. The van der Waals surface area contributed by atoms with Gasteiger partial charge in [0.25, 0.3) is 5.91 Å². The first-order chi connectivity index (χ1) is 13.2. The second kappa shape index (κ2) is 8.02. The van der Waals surface area contributed by atoms with Crippen molar-refractivity contribution in [1.82, 2.24) is 20.3 Å². The summed E-state index contributed by atoms with van der Waals surface area (Å²) in [6, 6.07) is 18.1. The number of nitrogens with zero attached hydrogens (tertiary/aromatic N) is 3. The zero-order valence-corrected chi connectivity index (χ0v) is 16.2. The molecule has 7 heteroatoms. The first kappa shape index (κ1) is 17.9. The Hall–Kier alpha value is -2.51. The first-order valence-electron chi connectivity index (χ1n) is 8.82. The highest BCUT2D eigenvalue weighted by Gasteiger charge is 2.27. The van der Waals surface area contributed by atoms with Crippen LogP contribution < -0.4 is 5.32 Å². The minimum Gasteiger partial charge on any atom is -0.365 e. The molecule has 2 aromatic carbocycles. The Bertz CT molecular complexity index is 925. The van der Waals surface area contributed by atoms with Gasteiger partial charge in [-0.3, -0.25) is 4.79 Å². The van der Waals surface area contributed by atoms with Crippen LogP contribution in [0.5, 0.6) is 0 Å². The third-order valence-electron chi connectivity index (χ3n) is 4.60. The summed E-state index contributed by atoms with van der Waals surface area (Å²) in [6.45, 7) is 1.41. The lowest BCUT2D eigenvalue weighted by molar-refractivity contribution is -0.00177. The normalized spacial score (nSPS) is 16.0. The molecule has 0 bridgehead atoms. The van der Waals surface area contributed by atoms with Crippen molar-refractivity contribution in [2.45, 2.75) is 25.7 Å². The molecular formula is C20H19BrN4O2. The molecular weight excluding hydrogens is 408 g/mol. The van der Waals surface area contributed by atoms with Gasteiger partial charge in [-0.2, -0.15) is 0 Å². The van der Waals surface area contributed by atoms with E-state index in [9.17, 15) is 4.79 Å². The highest BCUT2D eigenvalue weighted by molar-refractivity contribution is 9.10. The minimum absolute atomic E-state index is 0.0960. The van der Waals surface area contributed by atoms with Gasteiger partial charge in [0.15, 0.2) is 5.69 Å². The second-order valence-corrected chi connectivity index (χ2v) is 7.33. The van der Waals surface area contributed by atoms with Crippen molar-refractivity contribution < 1.29 is 9.53 Å². The molecule has 1 aliphatic rings. The van der Waals surface area contributed by atoms with Gasteiger partial charge in [-0.05, 0) is 29.7 Å². The van der Waals surface area contributed by atoms with Gasteiger partial charge in [0.2, 0.25) is 0 Å². The quantitative estimate of drug-likeness (QED) is 0.679. The van der Waals surface area contributed by atoms with Gasteiger partial charge in [-0.25, -0.2) is 4.68 Å². The van der Waals surface area contributed by atoms with E-state index in [4.69, 9.17) is 4.74 Å². The topological polar surface area (TPSA) is 69.0 Å².